The number of aromatic nitrogens is 1. The normalized spacial score (nSPS) is 12.1. The van der Waals surface area contributed by atoms with Crippen molar-refractivity contribution < 1.29 is 22.4 Å². The number of furan rings is 1. The molecular formula is C28H33N3O5S2. The average Bonchev–Trinajstić information content (AvgIpc) is 3.55. The molecule has 10 heteroatoms. The third kappa shape index (κ3) is 6.09. The van der Waals surface area contributed by atoms with Gasteiger partial charge in [0.05, 0.1) is 29.5 Å². The molecule has 0 fully saturated rings. The number of hydrogen-bond acceptors (Lipinski definition) is 7. The van der Waals surface area contributed by atoms with Gasteiger partial charge in [-0.3, -0.25) is 9.69 Å². The van der Waals surface area contributed by atoms with Crippen LogP contribution in [0, 0.1) is 11.8 Å². The molecule has 0 bridgehead atoms. The summed E-state index contributed by atoms with van der Waals surface area (Å²) in [7, 11) is -2.12. The molecule has 2 heterocycles. The Hall–Kier alpha value is -3.21. The van der Waals surface area contributed by atoms with Gasteiger partial charge in [0.25, 0.3) is 5.91 Å². The zero-order valence-corrected chi connectivity index (χ0v) is 23.9. The van der Waals surface area contributed by atoms with Crippen molar-refractivity contribution in [2.24, 2.45) is 11.8 Å². The van der Waals surface area contributed by atoms with Crippen molar-refractivity contribution >= 4 is 42.6 Å². The van der Waals surface area contributed by atoms with Crippen LogP contribution in [0.2, 0.25) is 0 Å². The third-order valence-corrected chi connectivity index (χ3v) is 8.73. The van der Waals surface area contributed by atoms with Gasteiger partial charge in [-0.05, 0) is 60.4 Å². The molecule has 0 radical (unpaired) electrons. The second kappa shape index (κ2) is 11.7. The first kappa shape index (κ1) is 27.8. The van der Waals surface area contributed by atoms with Gasteiger partial charge in [0.2, 0.25) is 10.0 Å². The van der Waals surface area contributed by atoms with Crippen molar-refractivity contribution in [3.63, 3.8) is 0 Å². The monoisotopic (exact) mass is 555 g/mol. The molecule has 0 spiro atoms. The van der Waals surface area contributed by atoms with E-state index < -0.39 is 10.0 Å². The number of fused-ring (bicyclic) bond motifs is 1. The van der Waals surface area contributed by atoms with E-state index in [9.17, 15) is 13.2 Å². The van der Waals surface area contributed by atoms with Gasteiger partial charge in [0, 0.05) is 18.7 Å². The topological polar surface area (TPSA) is 92.9 Å². The molecule has 2 aromatic carbocycles. The van der Waals surface area contributed by atoms with E-state index in [1.54, 1.807) is 37.6 Å². The van der Waals surface area contributed by atoms with Crippen molar-refractivity contribution in [1.29, 1.82) is 0 Å². The summed E-state index contributed by atoms with van der Waals surface area (Å²) in [6, 6.07) is 15.3. The van der Waals surface area contributed by atoms with E-state index in [1.807, 2.05) is 45.9 Å². The molecule has 0 aliphatic heterocycles. The maximum Gasteiger partial charge on any atom is 0.260 e. The molecule has 0 aliphatic carbocycles. The second-order valence-corrected chi connectivity index (χ2v) is 12.9. The number of amides is 1. The molecule has 0 unspecified atom stereocenters. The molecule has 1 amide bonds. The number of anilines is 1. The number of nitrogens with zero attached hydrogens (tertiary/aromatic N) is 3. The Labute approximate surface area is 227 Å². The molecular weight excluding hydrogens is 522 g/mol. The summed E-state index contributed by atoms with van der Waals surface area (Å²) in [5.74, 6) is 1.28. The molecule has 8 nitrogen and oxygen atoms in total. The van der Waals surface area contributed by atoms with Gasteiger partial charge < -0.3 is 9.15 Å². The highest BCUT2D eigenvalue weighted by molar-refractivity contribution is 7.89. The molecule has 4 rings (SSSR count). The Morgan fingerprint density at radius 1 is 1.00 bits per heavy atom. The maximum atomic E-state index is 13.7. The molecule has 38 heavy (non-hydrogen) atoms. The van der Waals surface area contributed by atoms with Crippen molar-refractivity contribution in [2.75, 3.05) is 25.1 Å². The molecule has 0 saturated heterocycles. The summed E-state index contributed by atoms with van der Waals surface area (Å²) < 4.78 is 40.2. The van der Waals surface area contributed by atoms with Crippen LogP contribution in [0.3, 0.4) is 0 Å². The molecule has 0 saturated carbocycles. The smallest absolute Gasteiger partial charge is 0.260 e. The van der Waals surface area contributed by atoms with Crippen molar-refractivity contribution in [1.82, 2.24) is 9.29 Å². The summed E-state index contributed by atoms with van der Waals surface area (Å²) in [6.45, 7) is 9.01. The van der Waals surface area contributed by atoms with Gasteiger partial charge in [-0.2, -0.15) is 4.31 Å². The first-order valence-corrected chi connectivity index (χ1v) is 14.7. The largest absolute Gasteiger partial charge is 0.494 e. The number of para-hydroxylation sites is 1. The van der Waals surface area contributed by atoms with E-state index in [2.05, 4.69) is 0 Å². The van der Waals surface area contributed by atoms with Gasteiger partial charge in [0.15, 0.2) is 5.13 Å². The summed E-state index contributed by atoms with van der Waals surface area (Å²) >= 11 is 1.37. The predicted octanol–water partition coefficient (Wildman–Crippen LogP) is 6.05. The Morgan fingerprint density at radius 3 is 2.26 bits per heavy atom. The molecule has 0 N–H and O–H groups in total. The van der Waals surface area contributed by atoms with Crippen molar-refractivity contribution in [3.05, 3.63) is 72.2 Å². The average molecular weight is 556 g/mol. The van der Waals surface area contributed by atoms with E-state index in [0.29, 0.717) is 40.8 Å². The van der Waals surface area contributed by atoms with Crippen LogP contribution < -0.4 is 9.64 Å². The fourth-order valence-electron chi connectivity index (χ4n) is 4.14. The number of benzene rings is 2. The zero-order valence-electron chi connectivity index (χ0n) is 22.2. The van der Waals surface area contributed by atoms with Crippen LogP contribution >= 0.6 is 11.3 Å². The minimum absolute atomic E-state index is 0.164. The van der Waals surface area contributed by atoms with Gasteiger partial charge in [0.1, 0.15) is 17.0 Å². The number of thiazole rings is 1. The summed E-state index contributed by atoms with van der Waals surface area (Å²) in [5, 5.41) is 0.489. The molecule has 202 valence electrons. The molecule has 4 aromatic rings. The van der Waals surface area contributed by atoms with Gasteiger partial charge in [-0.1, -0.05) is 45.1 Å². The summed E-state index contributed by atoms with van der Waals surface area (Å²) in [5.41, 5.74) is 1.02. The van der Waals surface area contributed by atoms with Gasteiger partial charge in [-0.25, -0.2) is 13.4 Å². The Bertz CT molecular complexity index is 1470. The number of carbonyl (C=O) groups is 1. The molecule has 0 atom stereocenters. The zero-order chi connectivity index (χ0) is 27.4. The Morgan fingerprint density at radius 2 is 1.68 bits per heavy atom. The number of sulfonamides is 1. The van der Waals surface area contributed by atoms with E-state index in [4.69, 9.17) is 14.1 Å². The lowest BCUT2D eigenvalue weighted by molar-refractivity contribution is 0.0983. The highest BCUT2D eigenvalue weighted by atomic mass is 32.2. The van der Waals surface area contributed by atoms with Crippen LogP contribution in [0.1, 0.15) is 43.8 Å². The summed E-state index contributed by atoms with van der Waals surface area (Å²) in [6.07, 6.45) is 1.55. The van der Waals surface area contributed by atoms with Crippen LogP contribution in [-0.2, 0) is 16.6 Å². The minimum atomic E-state index is -3.70. The third-order valence-electron chi connectivity index (χ3n) is 5.84. The fraction of sp³-hybridized carbons (Fsp3) is 0.357. The molecule has 0 aliphatic rings. The van der Waals surface area contributed by atoms with E-state index in [1.165, 1.54) is 32.7 Å². The van der Waals surface area contributed by atoms with Crippen LogP contribution in [0.25, 0.3) is 10.2 Å². The highest BCUT2D eigenvalue weighted by Crippen LogP contribution is 2.35. The second-order valence-electron chi connectivity index (χ2n) is 9.91. The van der Waals surface area contributed by atoms with Crippen LogP contribution in [0.4, 0.5) is 5.13 Å². The highest BCUT2D eigenvalue weighted by Gasteiger charge is 2.28. The number of rotatable bonds is 11. The number of methoxy groups -OCH3 is 1. The fourth-order valence-corrected chi connectivity index (χ4v) is 6.88. The molecule has 2 aromatic heterocycles. The minimum Gasteiger partial charge on any atom is -0.494 e. The predicted molar refractivity (Wildman–Crippen MR) is 150 cm³/mol. The Balaban J connectivity index is 1.67. The van der Waals surface area contributed by atoms with E-state index >= 15 is 0 Å². The lowest BCUT2D eigenvalue weighted by Crippen LogP contribution is -2.37. The van der Waals surface area contributed by atoms with Gasteiger partial charge in [-0.15, -0.1) is 0 Å². The number of hydrogen-bond donors (Lipinski definition) is 0. The maximum absolute atomic E-state index is 13.7. The van der Waals surface area contributed by atoms with Crippen LogP contribution in [0.15, 0.2) is 70.2 Å². The van der Waals surface area contributed by atoms with Gasteiger partial charge >= 0.3 is 0 Å². The van der Waals surface area contributed by atoms with Crippen molar-refractivity contribution in [3.8, 4) is 5.75 Å². The number of carbonyl (C=O) groups excluding carboxylic acids is 1. The van der Waals surface area contributed by atoms with Crippen LogP contribution in [0.5, 0.6) is 5.75 Å². The Kier molecular flexibility index (Phi) is 8.54. The summed E-state index contributed by atoms with van der Waals surface area (Å²) in [4.78, 5) is 20.2. The first-order valence-electron chi connectivity index (χ1n) is 12.5. The number of ether oxygens (including phenoxy) is 1. The first-order chi connectivity index (χ1) is 18.1. The lowest BCUT2D eigenvalue weighted by Gasteiger charge is -2.25. The quantitative estimate of drug-likeness (QED) is 0.224. The van der Waals surface area contributed by atoms with Crippen LogP contribution in [-0.4, -0.2) is 43.8 Å². The standard InChI is InChI=1S/C28H33N3O5S2/c1-19(2)16-30(17-20(3)4)38(33,34)23-13-11-21(12-14-23)27(32)31(18-22-8-7-15-36-22)28-29-26-24(35-5)9-6-10-25(26)37-28/h6-15,19-20H,16-18H2,1-5H3. The lowest BCUT2D eigenvalue weighted by atomic mass is 10.2. The SMILES string of the molecule is COc1cccc2sc(N(Cc3ccco3)C(=O)c3ccc(S(=O)(=O)N(CC(C)C)CC(C)C)cc3)nc12. The van der Waals surface area contributed by atoms with E-state index in [0.717, 1.165) is 4.70 Å². The van der Waals surface area contributed by atoms with Crippen molar-refractivity contribution in [2.45, 2.75) is 39.1 Å². The van der Waals surface area contributed by atoms with E-state index in [-0.39, 0.29) is 29.2 Å².